The Kier molecular flexibility index (Phi) is 4.87. The Hall–Kier alpha value is -0.0800. The summed E-state index contributed by atoms with van der Waals surface area (Å²) in [6.07, 6.45) is 10.2. The second kappa shape index (κ2) is 6.19. The van der Waals surface area contributed by atoms with Gasteiger partial charge in [0.05, 0.1) is 6.10 Å². The van der Waals surface area contributed by atoms with E-state index in [-0.39, 0.29) is 6.10 Å². The van der Waals surface area contributed by atoms with Crippen molar-refractivity contribution in [2.45, 2.75) is 70.4 Å². The summed E-state index contributed by atoms with van der Waals surface area (Å²) in [4.78, 5) is 2.54. The van der Waals surface area contributed by atoms with Gasteiger partial charge in [0.25, 0.3) is 0 Å². The first-order valence-electron chi connectivity index (χ1n) is 7.59. The van der Waals surface area contributed by atoms with Crippen LogP contribution in [-0.2, 0) is 0 Å². The predicted molar refractivity (Wildman–Crippen MR) is 72.0 cm³/mol. The molecule has 2 rings (SSSR count). The van der Waals surface area contributed by atoms with E-state index in [1.54, 1.807) is 0 Å². The van der Waals surface area contributed by atoms with E-state index in [2.05, 4.69) is 18.9 Å². The Bertz CT molecular complexity index is 227. The van der Waals surface area contributed by atoms with Gasteiger partial charge >= 0.3 is 0 Å². The molecule has 0 aromatic carbocycles. The molecule has 3 unspecified atom stereocenters. The molecule has 2 nitrogen and oxygen atoms in total. The third-order valence-electron chi connectivity index (χ3n) is 5.13. The van der Waals surface area contributed by atoms with Crippen LogP contribution in [0.5, 0.6) is 0 Å². The molecule has 2 fully saturated rings. The molecule has 2 saturated carbocycles. The molecular formula is C15H29NO. The van der Waals surface area contributed by atoms with Crippen molar-refractivity contribution in [1.29, 1.82) is 0 Å². The lowest BCUT2D eigenvalue weighted by molar-refractivity contribution is 0.0330. The Morgan fingerprint density at radius 3 is 2.53 bits per heavy atom. The average molecular weight is 239 g/mol. The fraction of sp³-hybridized carbons (Fsp3) is 1.00. The summed E-state index contributed by atoms with van der Waals surface area (Å²) < 4.78 is 0. The summed E-state index contributed by atoms with van der Waals surface area (Å²) in [5.41, 5.74) is 0. The van der Waals surface area contributed by atoms with Crippen LogP contribution in [0.4, 0.5) is 0 Å². The van der Waals surface area contributed by atoms with Gasteiger partial charge in [-0.25, -0.2) is 0 Å². The quantitative estimate of drug-likeness (QED) is 0.797. The number of hydrogen-bond acceptors (Lipinski definition) is 2. The predicted octanol–water partition coefficient (Wildman–Crippen LogP) is 3.05. The third kappa shape index (κ3) is 3.45. The summed E-state index contributed by atoms with van der Waals surface area (Å²) in [5.74, 6) is 1.82. The van der Waals surface area contributed by atoms with Crippen molar-refractivity contribution >= 4 is 0 Å². The zero-order chi connectivity index (χ0) is 12.3. The minimum atomic E-state index is -0.0473. The van der Waals surface area contributed by atoms with E-state index < -0.39 is 0 Å². The van der Waals surface area contributed by atoms with Crippen molar-refractivity contribution in [1.82, 2.24) is 4.90 Å². The van der Waals surface area contributed by atoms with Crippen LogP contribution in [0.1, 0.15) is 58.3 Å². The molecule has 0 amide bonds. The van der Waals surface area contributed by atoms with Crippen molar-refractivity contribution in [3.63, 3.8) is 0 Å². The number of aliphatic hydroxyl groups excluding tert-OH is 1. The first-order valence-corrected chi connectivity index (χ1v) is 7.59. The van der Waals surface area contributed by atoms with Gasteiger partial charge in [-0.3, -0.25) is 0 Å². The van der Waals surface area contributed by atoms with E-state index in [1.165, 1.54) is 45.1 Å². The van der Waals surface area contributed by atoms with Crippen LogP contribution in [-0.4, -0.2) is 35.7 Å². The van der Waals surface area contributed by atoms with Crippen LogP contribution >= 0.6 is 0 Å². The van der Waals surface area contributed by atoms with E-state index in [9.17, 15) is 5.11 Å². The maximum Gasteiger partial charge on any atom is 0.0555 e. The molecule has 0 heterocycles. The van der Waals surface area contributed by atoms with Gasteiger partial charge < -0.3 is 10.0 Å². The lowest BCUT2D eigenvalue weighted by atomic mass is 9.79. The van der Waals surface area contributed by atoms with Gasteiger partial charge in [-0.15, -0.1) is 0 Å². The van der Waals surface area contributed by atoms with Crippen molar-refractivity contribution in [3.05, 3.63) is 0 Å². The molecule has 0 aromatic heterocycles. The number of hydrogen-bond donors (Lipinski definition) is 1. The van der Waals surface area contributed by atoms with Gasteiger partial charge in [0.15, 0.2) is 0 Å². The molecule has 2 aliphatic carbocycles. The van der Waals surface area contributed by atoms with Crippen LogP contribution in [0, 0.1) is 11.8 Å². The molecule has 0 saturated heterocycles. The Morgan fingerprint density at radius 1 is 1.18 bits per heavy atom. The summed E-state index contributed by atoms with van der Waals surface area (Å²) >= 11 is 0. The summed E-state index contributed by atoms with van der Waals surface area (Å²) in [7, 11) is 2.27. The molecule has 1 N–H and O–H groups in total. The standard InChI is InChI=1S/C15H29NO/c1-3-13-7-8-14(17)11-15(13)16(2)10-9-12-5-4-6-12/h12-15,17H,3-11H2,1-2H3. The van der Waals surface area contributed by atoms with Gasteiger partial charge in [-0.1, -0.05) is 32.6 Å². The van der Waals surface area contributed by atoms with E-state index in [0.717, 1.165) is 24.7 Å². The molecule has 17 heavy (non-hydrogen) atoms. The van der Waals surface area contributed by atoms with Crippen molar-refractivity contribution in [2.75, 3.05) is 13.6 Å². The second-order valence-electron chi connectivity index (χ2n) is 6.27. The smallest absolute Gasteiger partial charge is 0.0555 e. The molecule has 0 spiro atoms. The normalized spacial score (nSPS) is 34.9. The lowest BCUT2D eigenvalue weighted by Crippen LogP contribution is -2.44. The zero-order valence-electron chi connectivity index (χ0n) is 11.6. The van der Waals surface area contributed by atoms with E-state index in [0.29, 0.717) is 6.04 Å². The largest absolute Gasteiger partial charge is 0.393 e. The van der Waals surface area contributed by atoms with Crippen LogP contribution in [0.2, 0.25) is 0 Å². The summed E-state index contributed by atoms with van der Waals surface area (Å²) in [6, 6.07) is 0.629. The number of rotatable bonds is 5. The van der Waals surface area contributed by atoms with Crippen LogP contribution in [0.15, 0.2) is 0 Å². The van der Waals surface area contributed by atoms with Gasteiger partial charge in [0.2, 0.25) is 0 Å². The van der Waals surface area contributed by atoms with Crippen molar-refractivity contribution in [2.24, 2.45) is 11.8 Å². The molecule has 0 aromatic rings. The van der Waals surface area contributed by atoms with Gasteiger partial charge in [0, 0.05) is 6.04 Å². The van der Waals surface area contributed by atoms with Gasteiger partial charge in [-0.2, -0.15) is 0 Å². The second-order valence-corrected chi connectivity index (χ2v) is 6.27. The first kappa shape index (κ1) is 13.4. The zero-order valence-corrected chi connectivity index (χ0v) is 11.6. The molecule has 0 bridgehead atoms. The van der Waals surface area contributed by atoms with Crippen LogP contribution in [0.3, 0.4) is 0 Å². The Balaban J connectivity index is 1.79. The van der Waals surface area contributed by atoms with E-state index in [4.69, 9.17) is 0 Å². The summed E-state index contributed by atoms with van der Waals surface area (Å²) in [6.45, 7) is 3.54. The number of nitrogens with zero attached hydrogens (tertiary/aromatic N) is 1. The molecular weight excluding hydrogens is 210 g/mol. The van der Waals surface area contributed by atoms with E-state index >= 15 is 0 Å². The van der Waals surface area contributed by atoms with Crippen LogP contribution < -0.4 is 0 Å². The average Bonchev–Trinajstić information content (AvgIpc) is 2.26. The van der Waals surface area contributed by atoms with E-state index in [1.807, 2.05) is 0 Å². The van der Waals surface area contributed by atoms with Crippen molar-refractivity contribution in [3.8, 4) is 0 Å². The minimum absolute atomic E-state index is 0.0473. The molecule has 2 heteroatoms. The Labute approximate surface area is 106 Å². The highest BCUT2D eigenvalue weighted by atomic mass is 16.3. The molecule has 2 aliphatic rings. The van der Waals surface area contributed by atoms with Crippen molar-refractivity contribution < 1.29 is 5.11 Å². The number of aliphatic hydroxyl groups is 1. The molecule has 0 radical (unpaired) electrons. The highest BCUT2D eigenvalue weighted by molar-refractivity contribution is 4.85. The first-order chi connectivity index (χ1) is 8.20. The fourth-order valence-corrected chi connectivity index (χ4v) is 3.54. The monoisotopic (exact) mass is 239 g/mol. The topological polar surface area (TPSA) is 23.5 Å². The maximum absolute atomic E-state index is 9.85. The summed E-state index contributed by atoms with van der Waals surface area (Å²) in [5, 5.41) is 9.85. The van der Waals surface area contributed by atoms with Gasteiger partial charge in [0.1, 0.15) is 0 Å². The Morgan fingerprint density at radius 2 is 1.94 bits per heavy atom. The molecule has 0 aliphatic heterocycles. The fourth-order valence-electron chi connectivity index (χ4n) is 3.54. The maximum atomic E-state index is 9.85. The highest BCUT2D eigenvalue weighted by Crippen LogP contribution is 2.33. The van der Waals surface area contributed by atoms with Gasteiger partial charge in [-0.05, 0) is 51.1 Å². The minimum Gasteiger partial charge on any atom is -0.393 e. The highest BCUT2D eigenvalue weighted by Gasteiger charge is 2.31. The molecule has 100 valence electrons. The third-order valence-corrected chi connectivity index (χ3v) is 5.13. The molecule has 3 atom stereocenters. The lowest BCUT2D eigenvalue weighted by Gasteiger charge is -2.40. The SMILES string of the molecule is CCC1CCC(O)CC1N(C)CCC1CCC1. The van der Waals surface area contributed by atoms with Crippen LogP contribution in [0.25, 0.3) is 0 Å².